The number of carbonyl (C=O) groups is 1. The average Bonchev–Trinajstić information content (AvgIpc) is 3.00. The van der Waals surface area contributed by atoms with Gasteiger partial charge in [0.1, 0.15) is 0 Å². The molecule has 0 saturated heterocycles. The normalized spacial score (nSPS) is 12.3. The largest absolute Gasteiger partial charge is 0.351 e. The third-order valence-corrected chi connectivity index (χ3v) is 3.42. The van der Waals surface area contributed by atoms with Gasteiger partial charge in [0.25, 0.3) is 5.91 Å². The monoisotopic (exact) mass is 279 g/mol. The van der Waals surface area contributed by atoms with Crippen LogP contribution in [0.5, 0.6) is 0 Å². The Morgan fingerprint density at radius 1 is 1.63 bits per heavy atom. The number of amides is 1. The molecular formula is C12H17N5OS. The maximum Gasteiger partial charge on any atom is 0.273 e. The van der Waals surface area contributed by atoms with E-state index in [0.29, 0.717) is 18.8 Å². The number of thiophene rings is 1. The van der Waals surface area contributed by atoms with Crippen LogP contribution < -0.4 is 11.1 Å². The van der Waals surface area contributed by atoms with Crippen molar-refractivity contribution in [2.75, 3.05) is 6.54 Å². The van der Waals surface area contributed by atoms with Crippen LogP contribution in [0.2, 0.25) is 0 Å². The Balaban J connectivity index is 1.87. The second kappa shape index (κ2) is 6.44. The van der Waals surface area contributed by atoms with Crippen LogP contribution in [0.25, 0.3) is 0 Å². The summed E-state index contributed by atoms with van der Waals surface area (Å²) >= 11 is 1.65. The van der Waals surface area contributed by atoms with Gasteiger partial charge in [-0.1, -0.05) is 11.3 Å². The molecule has 0 aliphatic heterocycles. The van der Waals surface area contributed by atoms with Gasteiger partial charge in [0.05, 0.1) is 12.7 Å². The molecule has 7 heteroatoms. The summed E-state index contributed by atoms with van der Waals surface area (Å²) in [5.74, 6) is -0.210. The lowest BCUT2D eigenvalue weighted by atomic mass is 10.2. The van der Waals surface area contributed by atoms with E-state index in [-0.39, 0.29) is 11.9 Å². The number of nitrogens with two attached hydrogens (primary N) is 1. The summed E-state index contributed by atoms with van der Waals surface area (Å²) in [5, 5.41) is 12.6. The first-order valence-corrected chi connectivity index (χ1v) is 6.99. The van der Waals surface area contributed by atoms with Crippen LogP contribution in [0.3, 0.4) is 0 Å². The highest BCUT2D eigenvalue weighted by molar-refractivity contribution is 7.09. The summed E-state index contributed by atoms with van der Waals surface area (Å²) in [7, 11) is 0. The van der Waals surface area contributed by atoms with Crippen molar-refractivity contribution in [3.63, 3.8) is 0 Å². The molecule has 1 amide bonds. The number of carbonyl (C=O) groups excluding carboxylic acids is 1. The Hall–Kier alpha value is -1.73. The van der Waals surface area contributed by atoms with Crippen molar-refractivity contribution in [3.8, 4) is 0 Å². The zero-order valence-electron chi connectivity index (χ0n) is 10.7. The van der Waals surface area contributed by atoms with Crippen molar-refractivity contribution in [1.29, 1.82) is 0 Å². The SMILES string of the molecule is CC(N)CCNC(=O)c1cn(Cc2cccs2)nn1. The first-order chi connectivity index (χ1) is 9.15. The molecule has 0 radical (unpaired) electrons. The molecule has 6 nitrogen and oxygen atoms in total. The molecule has 2 aromatic rings. The Bertz CT molecular complexity index is 520. The second-order valence-corrected chi connectivity index (χ2v) is 5.43. The van der Waals surface area contributed by atoms with Gasteiger partial charge < -0.3 is 11.1 Å². The van der Waals surface area contributed by atoms with Crippen LogP contribution in [0, 0.1) is 0 Å². The molecule has 0 aliphatic carbocycles. The van der Waals surface area contributed by atoms with Gasteiger partial charge >= 0.3 is 0 Å². The maximum atomic E-state index is 11.8. The zero-order chi connectivity index (χ0) is 13.7. The van der Waals surface area contributed by atoms with Crippen LogP contribution in [0.15, 0.2) is 23.7 Å². The molecule has 0 spiro atoms. The topological polar surface area (TPSA) is 85.8 Å². The predicted octanol–water partition coefficient (Wildman–Crippen LogP) is 0.855. The van der Waals surface area contributed by atoms with Crippen molar-refractivity contribution in [3.05, 3.63) is 34.3 Å². The van der Waals surface area contributed by atoms with E-state index in [1.807, 2.05) is 24.4 Å². The van der Waals surface area contributed by atoms with Gasteiger partial charge in [-0.15, -0.1) is 16.4 Å². The highest BCUT2D eigenvalue weighted by atomic mass is 32.1. The third-order valence-electron chi connectivity index (χ3n) is 2.55. The number of nitrogens with zero attached hydrogens (tertiary/aromatic N) is 3. The Kier molecular flexibility index (Phi) is 4.64. The van der Waals surface area contributed by atoms with E-state index in [0.717, 1.165) is 6.42 Å². The van der Waals surface area contributed by atoms with Crippen LogP contribution in [0.4, 0.5) is 0 Å². The van der Waals surface area contributed by atoms with Gasteiger partial charge in [-0.05, 0) is 24.8 Å². The molecule has 1 atom stereocenters. The molecule has 0 saturated carbocycles. The molecule has 19 heavy (non-hydrogen) atoms. The second-order valence-electron chi connectivity index (χ2n) is 4.40. The quantitative estimate of drug-likeness (QED) is 0.821. The van der Waals surface area contributed by atoms with Crippen molar-refractivity contribution in [1.82, 2.24) is 20.3 Å². The Labute approximate surface area is 115 Å². The average molecular weight is 279 g/mol. The number of hydrogen-bond acceptors (Lipinski definition) is 5. The molecule has 0 fully saturated rings. The van der Waals surface area contributed by atoms with Crippen molar-refractivity contribution >= 4 is 17.2 Å². The van der Waals surface area contributed by atoms with Crippen molar-refractivity contribution < 1.29 is 4.79 Å². The molecule has 1 unspecified atom stereocenters. The summed E-state index contributed by atoms with van der Waals surface area (Å²) in [6.45, 7) is 3.09. The van der Waals surface area contributed by atoms with Gasteiger partial charge in [0, 0.05) is 17.5 Å². The summed E-state index contributed by atoms with van der Waals surface area (Å²) < 4.78 is 1.66. The van der Waals surface area contributed by atoms with E-state index in [1.54, 1.807) is 22.2 Å². The number of nitrogens with one attached hydrogen (secondary N) is 1. The van der Waals surface area contributed by atoms with Crippen LogP contribution in [0.1, 0.15) is 28.7 Å². The Morgan fingerprint density at radius 2 is 2.47 bits per heavy atom. The lowest BCUT2D eigenvalue weighted by Crippen LogP contribution is -2.29. The fraction of sp³-hybridized carbons (Fsp3) is 0.417. The van der Waals surface area contributed by atoms with E-state index in [1.165, 1.54) is 4.88 Å². The molecule has 2 heterocycles. The molecule has 0 bridgehead atoms. The fourth-order valence-electron chi connectivity index (χ4n) is 1.55. The molecule has 0 aliphatic rings. The molecule has 102 valence electrons. The first-order valence-electron chi connectivity index (χ1n) is 6.11. The van der Waals surface area contributed by atoms with E-state index in [9.17, 15) is 4.79 Å². The lowest BCUT2D eigenvalue weighted by molar-refractivity contribution is 0.0947. The van der Waals surface area contributed by atoms with Gasteiger partial charge in [0.15, 0.2) is 5.69 Å². The van der Waals surface area contributed by atoms with Crippen LogP contribution in [-0.4, -0.2) is 33.5 Å². The molecule has 2 rings (SSSR count). The fourth-order valence-corrected chi connectivity index (χ4v) is 2.24. The minimum absolute atomic E-state index is 0.0785. The summed E-state index contributed by atoms with van der Waals surface area (Å²) in [6, 6.07) is 4.09. The van der Waals surface area contributed by atoms with Crippen LogP contribution in [-0.2, 0) is 6.54 Å². The van der Waals surface area contributed by atoms with Crippen molar-refractivity contribution in [2.45, 2.75) is 25.9 Å². The van der Waals surface area contributed by atoms with Gasteiger partial charge in [-0.25, -0.2) is 4.68 Å². The van der Waals surface area contributed by atoms with Gasteiger partial charge in [-0.3, -0.25) is 4.79 Å². The minimum Gasteiger partial charge on any atom is -0.351 e. The molecular weight excluding hydrogens is 262 g/mol. The number of hydrogen-bond donors (Lipinski definition) is 2. The summed E-state index contributed by atoms with van der Waals surface area (Å²) in [4.78, 5) is 13.0. The summed E-state index contributed by atoms with van der Waals surface area (Å²) in [5.41, 5.74) is 5.95. The third kappa shape index (κ3) is 4.15. The van der Waals surface area contributed by atoms with E-state index in [2.05, 4.69) is 15.6 Å². The minimum atomic E-state index is -0.210. The highest BCUT2D eigenvalue weighted by Gasteiger charge is 2.10. The molecule has 2 aromatic heterocycles. The van der Waals surface area contributed by atoms with E-state index >= 15 is 0 Å². The van der Waals surface area contributed by atoms with Gasteiger partial charge in [-0.2, -0.15) is 0 Å². The smallest absolute Gasteiger partial charge is 0.273 e. The zero-order valence-corrected chi connectivity index (χ0v) is 11.6. The van der Waals surface area contributed by atoms with Gasteiger partial charge in [0.2, 0.25) is 0 Å². The van der Waals surface area contributed by atoms with E-state index < -0.39 is 0 Å². The molecule has 0 aromatic carbocycles. The Morgan fingerprint density at radius 3 is 3.16 bits per heavy atom. The van der Waals surface area contributed by atoms with E-state index in [4.69, 9.17) is 5.73 Å². The first kappa shape index (κ1) is 13.7. The highest BCUT2D eigenvalue weighted by Crippen LogP contribution is 2.09. The predicted molar refractivity (Wildman–Crippen MR) is 74.0 cm³/mol. The van der Waals surface area contributed by atoms with Crippen LogP contribution >= 0.6 is 11.3 Å². The number of rotatable bonds is 6. The number of aromatic nitrogens is 3. The van der Waals surface area contributed by atoms with Crippen molar-refractivity contribution in [2.24, 2.45) is 5.73 Å². The maximum absolute atomic E-state index is 11.8. The summed E-state index contributed by atoms with van der Waals surface area (Å²) in [6.07, 6.45) is 2.40. The molecule has 3 N–H and O–H groups in total. The lowest BCUT2D eigenvalue weighted by Gasteiger charge is -2.05. The standard InChI is InChI=1S/C12H17N5OS/c1-9(13)4-5-14-12(18)11-8-17(16-15-11)7-10-3-2-6-19-10/h2-3,6,8-9H,4-5,7,13H2,1H3,(H,14,18).